The molecule has 17 heavy (non-hydrogen) atoms. The zero-order chi connectivity index (χ0) is 11.8. The average Bonchev–Trinajstić information content (AvgIpc) is 2.94. The molecule has 2 heterocycles. The van der Waals surface area contributed by atoms with E-state index in [1.165, 1.54) is 0 Å². The van der Waals surface area contributed by atoms with Crippen LogP contribution in [0.3, 0.4) is 0 Å². The second-order valence-electron chi connectivity index (χ2n) is 4.54. The Labute approximate surface area is 100 Å². The Morgan fingerprint density at radius 1 is 1.53 bits per heavy atom. The summed E-state index contributed by atoms with van der Waals surface area (Å²) in [6.45, 7) is 4.16. The maximum absolute atomic E-state index is 9.86. The molecule has 0 aliphatic carbocycles. The van der Waals surface area contributed by atoms with Gasteiger partial charge in [-0.2, -0.15) is 0 Å². The van der Waals surface area contributed by atoms with E-state index in [1.54, 1.807) is 6.07 Å². The zero-order valence-electron chi connectivity index (χ0n) is 9.98. The molecule has 4 heteroatoms. The van der Waals surface area contributed by atoms with Crippen molar-refractivity contribution in [1.29, 1.82) is 0 Å². The molecular weight excluding hydrogens is 214 g/mol. The number of hydrogen-bond acceptors (Lipinski definition) is 3. The molecule has 1 aromatic carbocycles. The van der Waals surface area contributed by atoms with E-state index in [2.05, 4.69) is 21.8 Å². The van der Waals surface area contributed by atoms with E-state index < -0.39 is 0 Å². The van der Waals surface area contributed by atoms with Gasteiger partial charge in [-0.3, -0.25) is 0 Å². The van der Waals surface area contributed by atoms with E-state index in [-0.39, 0.29) is 5.75 Å². The third kappa shape index (κ3) is 1.60. The minimum atomic E-state index is 0.280. The zero-order valence-corrected chi connectivity index (χ0v) is 9.98. The van der Waals surface area contributed by atoms with Gasteiger partial charge in [-0.25, -0.2) is 4.98 Å². The van der Waals surface area contributed by atoms with Gasteiger partial charge < -0.3 is 15.0 Å². The highest BCUT2D eigenvalue weighted by molar-refractivity contribution is 5.82. The summed E-state index contributed by atoms with van der Waals surface area (Å²) in [4.78, 5) is 4.56. The standard InChI is InChI=1S/C13H17N3O/c1-2-12-15-13-10(4-3-5-11(13)17)16(12)9-6-7-14-8-9/h3-5,9,14,17H,2,6-8H2,1H3. The van der Waals surface area contributed by atoms with Crippen LogP contribution in [0.5, 0.6) is 5.75 Å². The molecule has 0 bridgehead atoms. The summed E-state index contributed by atoms with van der Waals surface area (Å²) >= 11 is 0. The van der Waals surface area contributed by atoms with Crippen LogP contribution in [-0.2, 0) is 6.42 Å². The quantitative estimate of drug-likeness (QED) is 0.829. The first-order chi connectivity index (χ1) is 8.31. The summed E-state index contributed by atoms with van der Waals surface area (Å²) in [5.41, 5.74) is 1.78. The number of aromatic hydroxyl groups is 1. The third-order valence-electron chi connectivity index (χ3n) is 3.49. The van der Waals surface area contributed by atoms with Crippen LogP contribution < -0.4 is 5.32 Å². The lowest BCUT2D eigenvalue weighted by Crippen LogP contribution is -2.15. The lowest BCUT2D eigenvalue weighted by Gasteiger charge is -2.14. The second-order valence-corrected chi connectivity index (χ2v) is 4.54. The fraction of sp³-hybridized carbons (Fsp3) is 0.462. The highest BCUT2D eigenvalue weighted by atomic mass is 16.3. The van der Waals surface area contributed by atoms with E-state index in [0.29, 0.717) is 6.04 Å². The van der Waals surface area contributed by atoms with Crippen molar-refractivity contribution in [3.8, 4) is 5.75 Å². The van der Waals surface area contributed by atoms with Gasteiger partial charge in [0.25, 0.3) is 0 Å². The van der Waals surface area contributed by atoms with Crippen LogP contribution in [0.2, 0.25) is 0 Å². The van der Waals surface area contributed by atoms with E-state index >= 15 is 0 Å². The predicted molar refractivity (Wildman–Crippen MR) is 67.3 cm³/mol. The van der Waals surface area contributed by atoms with Gasteiger partial charge in [0.1, 0.15) is 17.1 Å². The van der Waals surface area contributed by atoms with Crippen molar-refractivity contribution in [2.75, 3.05) is 13.1 Å². The van der Waals surface area contributed by atoms with E-state index in [9.17, 15) is 5.11 Å². The van der Waals surface area contributed by atoms with Crippen LogP contribution in [0.1, 0.15) is 25.2 Å². The first-order valence-electron chi connectivity index (χ1n) is 6.20. The lowest BCUT2D eigenvalue weighted by molar-refractivity contribution is 0.480. The van der Waals surface area contributed by atoms with Crippen LogP contribution in [0.4, 0.5) is 0 Å². The van der Waals surface area contributed by atoms with Crippen molar-refractivity contribution in [3.05, 3.63) is 24.0 Å². The Morgan fingerprint density at radius 2 is 2.41 bits per heavy atom. The van der Waals surface area contributed by atoms with Gasteiger partial charge in [-0.15, -0.1) is 0 Å². The van der Waals surface area contributed by atoms with Gasteiger partial charge >= 0.3 is 0 Å². The summed E-state index contributed by atoms with van der Waals surface area (Å²) in [5, 5.41) is 13.2. The molecule has 1 unspecified atom stereocenters. The van der Waals surface area contributed by atoms with Gasteiger partial charge in [0, 0.05) is 19.0 Å². The summed E-state index contributed by atoms with van der Waals surface area (Å²) in [6, 6.07) is 6.10. The highest BCUT2D eigenvalue weighted by Gasteiger charge is 2.22. The monoisotopic (exact) mass is 231 g/mol. The topological polar surface area (TPSA) is 50.1 Å². The van der Waals surface area contributed by atoms with E-state index in [0.717, 1.165) is 42.8 Å². The molecule has 1 aromatic heterocycles. The number of aryl methyl sites for hydroxylation is 1. The molecule has 1 atom stereocenters. The maximum Gasteiger partial charge on any atom is 0.143 e. The molecule has 0 amide bonds. The molecule has 2 N–H and O–H groups in total. The molecule has 1 aliphatic heterocycles. The van der Waals surface area contributed by atoms with Crippen molar-refractivity contribution in [1.82, 2.24) is 14.9 Å². The predicted octanol–water partition coefficient (Wildman–Crippen LogP) is 1.84. The number of phenolic OH excluding ortho intramolecular Hbond substituents is 1. The van der Waals surface area contributed by atoms with Crippen molar-refractivity contribution in [2.45, 2.75) is 25.8 Å². The van der Waals surface area contributed by atoms with Crippen LogP contribution in [0.15, 0.2) is 18.2 Å². The van der Waals surface area contributed by atoms with Gasteiger partial charge in [0.05, 0.1) is 5.52 Å². The number of hydrogen-bond donors (Lipinski definition) is 2. The number of fused-ring (bicyclic) bond motifs is 1. The number of benzene rings is 1. The van der Waals surface area contributed by atoms with Crippen LogP contribution in [-0.4, -0.2) is 27.7 Å². The first-order valence-corrected chi connectivity index (χ1v) is 6.20. The number of aromatic nitrogens is 2. The normalized spacial score (nSPS) is 20.2. The molecule has 0 saturated carbocycles. The number of para-hydroxylation sites is 1. The molecule has 90 valence electrons. The van der Waals surface area contributed by atoms with Gasteiger partial charge in [0.2, 0.25) is 0 Å². The largest absolute Gasteiger partial charge is 0.506 e. The molecular formula is C13H17N3O. The van der Waals surface area contributed by atoms with Crippen molar-refractivity contribution < 1.29 is 5.11 Å². The minimum Gasteiger partial charge on any atom is -0.506 e. The second kappa shape index (κ2) is 4.04. The number of imidazole rings is 1. The molecule has 1 aliphatic rings. The lowest BCUT2D eigenvalue weighted by atomic mass is 10.2. The summed E-state index contributed by atoms with van der Waals surface area (Å²) in [7, 11) is 0. The van der Waals surface area contributed by atoms with Gasteiger partial charge in [-0.05, 0) is 25.1 Å². The number of phenols is 1. The number of rotatable bonds is 2. The van der Waals surface area contributed by atoms with E-state index in [1.807, 2.05) is 12.1 Å². The Hall–Kier alpha value is -1.55. The Morgan fingerprint density at radius 3 is 3.12 bits per heavy atom. The molecule has 1 saturated heterocycles. The van der Waals surface area contributed by atoms with Crippen LogP contribution in [0, 0.1) is 0 Å². The minimum absolute atomic E-state index is 0.280. The Bertz CT molecular complexity index is 541. The number of nitrogens with one attached hydrogen (secondary N) is 1. The molecule has 0 radical (unpaired) electrons. The van der Waals surface area contributed by atoms with Gasteiger partial charge in [-0.1, -0.05) is 13.0 Å². The first kappa shape index (κ1) is 10.6. The fourth-order valence-corrected chi connectivity index (χ4v) is 2.67. The van der Waals surface area contributed by atoms with E-state index in [4.69, 9.17) is 0 Å². The molecule has 0 spiro atoms. The van der Waals surface area contributed by atoms with Crippen molar-refractivity contribution >= 4 is 11.0 Å². The Balaban J connectivity index is 2.22. The van der Waals surface area contributed by atoms with Gasteiger partial charge in [0.15, 0.2) is 0 Å². The summed E-state index contributed by atoms with van der Waals surface area (Å²) < 4.78 is 2.29. The summed E-state index contributed by atoms with van der Waals surface area (Å²) in [6.07, 6.45) is 2.03. The fourth-order valence-electron chi connectivity index (χ4n) is 2.67. The Kier molecular flexibility index (Phi) is 2.52. The highest BCUT2D eigenvalue weighted by Crippen LogP contribution is 2.29. The smallest absolute Gasteiger partial charge is 0.143 e. The molecule has 2 aromatic rings. The number of nitrogens with zero attached hydrogens (tertiary/aromatic N) is 2. The molecule has 4 nitrogen and oxygen atoms in total. The van der Waals surface area contributed by atoms with Crippen LogP contribution >= 0.6 is 0 Å². The van der Waals surface area contributed by atoms with Crippen LogP contribution in [0.25, 0.3) is 11.0 Å². The third-order valence-corrected chi connectivity index (χ3v) is 3.49. The SMILES string of the molecule is CCc1nc2c(O)cccc2n1C1CCNC1. The van der Waals surface area contributed by atoms with Crippen molar-refractivity contribution in [2.24, 2.45) is 0 Å². The molecule has 3 rings (SSSR count). The maximum atomic E-state index is 9.86. The average molecular weight is 231 g/mol. The molecule has 1 fully saturated rings. The van der Waals surface area contributed by atoms with Crippen molar-refractivity contribution in [3.63, 3.8) is 0 Å². The summed E-state index contributed by atoms with van der Waals surface area (Å²) in [5.74, 6) is 1.34.